The summed E-state index contributed by atoms with van der Waals surface area (Å²) >= 11 is 0. The molecule has 162 valence electrons. The van der Waals surface area contributed by atoms with Crippen LogP contribution in [0.5, 0.6) is 5.75 Å². The molecule has 0 spiro atoms. The largest absolute Gasteiger partial charge is 0.467 e. The first-order valence-corrected chi connectivity index (χ1v) is 10.5. The van der Waals surface area contributed by atoms with Crippen molar-refractivity contribution in [2.75, 3.05) is 26.4 Å². The lowest BCUT2D eigenvalue weighted by Gasteiger charge is -2.24. The second-order valence-electron chi connectivity index (χ2n) is 7.92. The molecule has 0 amide bonds. The Hall–Kier alpha value is -1.13. The van der Waals surface area contributed by atoms with Crippen molar-refractivity contribution in [3.63, 3.8) is 0 Å². The Morgan fingerprint density at radius 2 is 2.10 bits per heavy atom. The molecule has 3 aliphatic rings. The average Bonchev–Trinajstić information content (AvgIpc) is 3.37. The Bertz CT molecular complexity index is 712. The van der Waals surface area contributed by atoms with Crippen LogP contribution in [0.3, 0.4) is 0 Å². The molecule has 1 aromatic rings. The minimum absolute atomic E-state index is 0. The number of halogens is 2. The van der Waals surface area contributed by atoms with E-state index < -0.39 is 0 Å². The topological polar surface area (TPSA) is 58.1 Å². The molecular weight excluding hydrogens is 486 g/mol. The van der Waals surface area contributed by atoms with Gasteiger partial charge >= 0.3 is 0 Å². The quantitative estimate of drug-likeness (QED) is 0.356. The molecule has 4 rings (SSSR count). The van der Waals surface area contributed by atoms with Crippen molar-refractivity contribution in [2.24, 2.45) is 4.99 Å². The van der Waals surface area contributed by atoms with Gasteiger partial charge in [-0.05, 0) is 38.3 Å². The zero-order valence-corrected chi connectivity index (χ0v) is 19.4. The van der Waals surface area contributed by atoms with Gasteiger partial charge in [-0.25, -0.2) is 9.38 Å². The Kier molecular flexibility index (Phi) is 8.37. The maximum absolute atomic E-state index is 13.9. The molecule has 1 saturated carbocycles. The molecule has 0 radical (unpaired) electrons. The van der Waals surface area contributed by atoms with Gasteiger partial charge < -0.3 is 20.1 Å². The molecule has 29 heavy (non-hydrogen) atoms. The number of nitrogens with one attached hydrogen (secondary N) is 2. The van der Waals surface area contributed by atoms with Crippen molar-refractivity contribution in [2.45, 2.75) is 64.3 Å². The number of nitrogens with zero attached hydrogens (tertiary/aromatic N) is 2. The monoisotopic (exact) mass is 518 g/mol. The van der Waals surface area contributed by atoms with E-state index in [1.165, 1.54) is 37.8 Å². The van der Waals surface area contributed by atoms with E-state index in [1.54, 1.807) is 0 Å². The molecule has 1 unspecified atom stereocenters. The molecule has 0 aromatic heterocycles. The number of aliphatic imine (C=N–C) groups is 1. The molecule has 1 aliphatic carbocycles. The Morgan fingerprint density at radius 1 is 1.28 bits per heavy atom. The third-order valence-electron chi connectivity index (χ3n) is 5.91. The Morgan fingerprint density at radius 3 is 2.90 bits per heavy atom. The summed E-state index contributed by atoms with van der Waals surface area (Å²) in [5.74, 6) is 1.21. The van der Waals surface area contributed by atoms with Gasteiger partial charge in [-0.15, -0.1) is 24.0 Å². The first kappa shape index (κ1) is 22.6. The lowest BCUT2D eigenvalue weighted by Crippen LogP contribution is -2.45. The van der Waals surface area contributed by atoms with E-state index in [-0.39, 0.29) is 36.6 Å². The van der Waals surface area contributed by atoms with Crippen molar-refractivity contribution >= 4 is 29.9 Å². The maximum Gasteiger partial charge on any atom is 0.191 e. The first-order valence-electron chi connectivity index (χ1n) is 10.5. The summed E-state index contributed by atoms with van der Waals surface area (Å²) in [6.45, 7) is 6.03. The molecule has 2 aliphatic heterocycles. The summed E-state index contributed by atoms with van der Waals surface area (Å²) in [4.78, 5) is 7.34. The minimum atomic E-state index is -0.279. The number of benzene rings is 1. The zero-order chi connectivity index (χ0) is 19.3. The minimum Gasteiger partial charge on any atom is -0.467 e. The molecule has 2 N–H and O–H groups in total. The van der Waals surface area contributed by atoms with Gasteiger partial charge in [-0.2, -0.15) is 0 Å². The highest BCUT2D eigenvalue weighted by atomic mass is 127. The van der Waals surface area contributed by atoms with Gasteiger partial charge in [0.2, 0.25) is 0 Å². The smallest absolute Gasteiger partial charge is 0.191 e. The van der Waals surface area contributed by atoms with Crippen LogP contribution in [0.4, 0.5) is 4.39 Å². The molecule has 8 heteroatoms. The summed E-state index contributed by atoms with van der Waals surface area (Å²) < 4.78 is 24.8. The van der Waals surface area contributed by atoms with Crippen LogP contribution in [0.25, 0.3) is 0 Å². The van der Waals surface area contributed by atoms with Gasteiger partial charge in [0.25, 0.3) is 0 Å². The van der Waals surface area contributed by atoms with Gasteiger partial charge in [0.1, 0.15) is 11.6 Å². The van der Waals surface area contributed by atoms with Crippen LogP contribution in [0.15, 0.2) is 17.1 Å². The molecule has 6 nitrogen and oxygen atoms in total. The molecule has 2 fully saturated rings. The van der Waals surface area contributed by atoms with Gasteiger partial charge in [-0.1, -0.05) is 12.8 Å². The van der Waals surface area contributed by atoms with E-state index >= 15 is 0 Å². The molecule has 1 aromatic carbocycles. The number of fused-ring (bicyclic) bond motifs is 1. The summed E-state index contributed by atoms with van der Waals surface area (Å²) in [5, 5.41) is 6.89. The number of likely N-dealkylation sites (tertiary alicyclic amines) is 1. The van der Waals surface area contributed by atoms with Crippen molar-refractivity contribution < 1.29 is 13.9 Å². The second kappa shape index (κ2) is 10.8. The van der Waals surface area contributed by atoms with Crippen molar-refractivity contribution in [1.82, 2.24) is 15.5 Å². The molecule has 1 saturated heterocycles. The van der Waals surface area contributed by atoms with Gasteiger partial charge in [0.05, 0.1) is 13.2 Å². The normalized spacial score (nSPS) is 22.7. The predicted octanol–water partition coefficient (Wildman–Crippen LogP) is 3.38. The molecule has 0 bridgehead atoms. The van der Waals surface area contributed by atoms with E-state index in [0.717, 1.165) is 49.2 Å². The molecular formula is C21H32FIN4O2. The van der Waals surface area contributed by atoms with Crippen LogP contribution in [-0.2, 0) is 17.9 Å². The summed E-state index contributed by atoms with van der Waals surface area (Å²) in [6.07, 6.45) is 6.56. The van der Waals surface area contributed by atoms with Crippen LogP contribution in [0, 0.1) is 5.82 Å². The van der Waals surface area contributed by atoms with E-state index in [9.17, 15) is 4.39 Å². The number of ether oxygens (including phenoxy) is 2. The van der Waals surface area contributed by atoms with Crippen LogP contribution >= 0.6 is 24.0 Å². The number of guanidine groups is 1. The van der Waals surface area contributed by atoms with E-state index in [2.05, 4.69) is 22.5 Å². The fourth-order valence-corrected chi connectivity index (χ4v) is 4.56. The van der Waals surface area contributed by atoms with Gasteiger partial charge in [0, 0.05) is 42.8 Å². The molecule has 2 heterocycles. The third-order valence-corrected chi connectivity index (χ3v) is 5.91. The van der Waals surface area contributed by atoms with Crippen molar-refractivity contribution in [3.8, 4) is 5.75 Å². The summed E-state index contributed by atoms with van der Waals surface area (Å²) in [6, 6.07) is 4.16. The lowest BCUT2D eigenvalue weighted by atomic mass is 10.1. The highest BCUT2D eigenvalue weighted by Crippen LogP contribution is 2.30. The van der Waals surface area contributed by atoms with Crippen molar-refractivity contribution in [3.05, 3.63) is 29.1 Å². The predicted molar refractivity (Wildman–Crippen MR) is 122 cm³/mol. The fraction of sp³-hybridized carbons (Fsp3) is 0.667. The highest BCUT2D eigenvalue weighted by molar-refractivity contribution is 14.0. The van der Waals surface area contributed by atoms with Gasteiger partial charge in [-0.3, -0.25) is 4.90 Å². The van der Waals surface area contributed by atoms with E-state index in [4.69, 9.17) is 14.5 Å². The zero-order valence-electron chi connectivity index (χ0n) is 17.1. The summed E-state index contributed by atoms with van der Waals surface area (Å²) in [5.41, 5.74) is 1.51. The standard InChI is InChI=1S/C21H31FN4O2.HI/c1-2-23-21(25-18-7-8-26(12-18)19-5-3-4-6-19)24-11-15-9-17(22)10-16-13-27-14-28-20(15)16;/h9-10,18-19H,2-8,11-14H2,1H3,(H2,23,24,25);1H. The molecule has 1 atom stereocenters. The van der Waals surface area contributed by atoms with Crippen LogP contribution in [0.2, 0.25) is 0 Å². The van der Waals surface area contributed by atoms with Crippen molar-refractivity contribution in [1.29, 1.82) is 0 Å². The SMILES string of the molecule is CCNC(=NCc1cc(F)cc2c1OCOC2)NC1CCN(C2CCCC2)C1.I. The highest BCUT2D eigenvalue weighted by Gasteiger charge is 2.30. The Labute approximate surface area is 189 Å². The average molecular weight is 518 g/mol. The van der Waals surface area contributed by atoms with Crippen LogP contribution in [0.1, 0.15) is 50.2 Å². The van der Waals surface area contributed by atoms with Crippen LogP contribution < -0.4 is 15.4 Å². The summed E-state index contributed by atoms with van der Waals surface area (Å²) in [7, 11) is 0. The number of hydrogen-bond acceptors (Lipinski definition) is 4. The number of hydrogen-bond donors (Lipinski definition) is 2. The lowest BCUT2D eigenvalue weighted by molar-refractivity contribution is -0.0172. The third kappa shape index (κ3) is 5.73. The Balaban J connectivity index is 0.00000240. The second-order valence-corrected chi connectivity index (χ2v) is 7.92. The van der Waals surface area contributed by atoms with E-state index in [0.29, 0.717) is 24.9 Å². The van der Waals surface area contributed by atoms with Crippen LogP contribution in [-0.4, -0.2) is 49.4 Å². The van der Waals surface area contributed by atoms with E-state index in [1.807, 2.05) is 0 Å². The maximum atomic E-state index is 13.9. The fourth-order valence-electron chi connectivity index (χ4n) is 4.56. The van der Waals surface area contributed by atoms with Gasteiger partial charge in [0.15, 0.2) is 12.8 Å². The number of rotatable bonds is 5. The first-order chi connectivity index (χ1) is 13.7.